The van der Waals surface area contributed by atoms with E-state index in [1.165, 1.54) is 18.5 Å². The fraction of sp³-hybridized carbons (Fsp3) is 0.538. The summed E-state index contributed by atoms with van der Waals surface area (Å²) in [6.45, 7) is 6.19. The predicted molar refractivity (Wildman–Crippen MR) is 135 cm³/mol. The number of aliphatic hydroxyl groups is 1. The molecule has 9 heteroatoms. The van der Waals surface area contributed by atoms with Gasteiger partial charge in [-0.3, -0.25) is 4.79 Å². The Kier molecular flexibility index (Phi) is 7.15. The summed E-state index contributed by atoms with van der Waals surface area (Å²) in [5.41, 5.74) is 3.06. The van der Waals surface area contributed by atoms with E-state index >= 15 is 0 Å². The number of nitrogens with one attached hydrogen (secondary N) is 1. The molecule has 4 unspecified atom stereocenters. The van der Waals surface area contributed by atoms with Crippen LogP contribution in [0.15, 0.2) is 34.1 Å². The number of hydrogen-bond donors (Lipinski definition) is 2. The van der Waals surface area contributed by atoms with Gasteiger partial charge in [0.2, 0.25) is 17.7 Å². The molecule has 0 saturated carbocycles. The van der Waals surface area contributed by atoms with Gasteiger partial charge >= 0.3 is 0 Å². The van der Waals surface area contributed by atoms with Gasteiger partial charge in [-0.05, 0) is 43.9 Å². The van der Waals surface area contributed by atoms with E-state index in [1.54, 1.807) is 11.3 Å². The van der Waals surface area contributed by atoms with E-state index in [1.807, 2.05) is 12.3 Å². The molecule has 35 heavy (non-hydrogen) atoms. The first kappa shape index (κ1) is 23.9. The van der Waals surface area contributed by atoms with Crippen molar-refractivity contribution in [3.05, 3.63) is 57.7 Å². The fourth-order valence-electron chi connectivity index (χ4n) is 5.34. The molecule has 2 N–H and O–H groups in total. The quantitative estimate of drug-likeness (QED) is 0.488. The number of rotatable bonds is 8. The maximum atomic E-state index is 13.2. The van der Waals surface area contributed by atoms with Gasteiger partial charge in [0.25, 0.3) is 0 Å². The third kappa shape index (κ3) is 5.11. The largest absolute Gasteiger partial charge is 0.424 e. The van der Waals surface area contributed by atoms with Crippen LogP contribution in [0.25, 0.3) is 0 Å². The van der Waals surface area contributed by atoms with E-state index < -0.39 is 12.0 Å². The van der Waals surface area contributed by atoms with Crippen LogP contribution in [-0.4, -0.2) is 51.4 Å². The highest BCUT2D eigenvalue weighted by Crippen LogP contribution is 2.39. The number of benzene rings is 1. The molecule has 2 fully saturated rings. The summed E-state index contributed by atoms with van der Waals surface area (Å²) in [5, 5.41) is 26.1. The minimum atomic E-state index is -0.964. The number of anilines is 1. The molecule has 0 spiro atoms. The minimum absolute atomic E-state index is 0.150. The fourth-order valence-corrected chi connectivity index (χ4v) is 5.95. The third-order valence-electron chi connectivity index (χ3n) is 7.10. The molecule has 186 valence electrons. The first-order chi connectivity index (χ1) is 17.0. The minimum Gasteiger partial charge on any atom is -0.424 e. The number of hydrogen-bond acceptors (Lipinski definition) is 8. The first-order valence-electron chi connectivity index (χ1n) is 12.6. The van der Waals surface area contributed by atoms with Crippen molar-refractivity contribution in [1.29, 1.82) is 0 Å². The van der Waals surface area contributed by atoms with Crippen molar-refractivity contribution in [1.82, 2.24) is 20.5 Å². The molecule has 0 bridgehead atoms. The van der Waals surface area contributed by atoms with Gasteiger partial charge < -0.3 is 19.7 Å². The molecular formula is C26H33N5O3S. The van der Waals surface area contributed by atoms with Gasteiger partial charge in [-0.25, -0.2) is 4.98 Å². The number of unbranched alkanes of at least 4 members (excludes halogenated alkanes) is 1. The van der Waals surface area contributed by atoms with Crippen LogP contribution >= 0.6 is 11.3 Å². The average molecular weight is 496 g/mol. The molecule has 2 aliphatic heterocycles. The highest BCUT2D eigenvalue weighted by atomic mass is 32.1. The number of carbonyl (C=O) groups is 1. The molecule has 1 amide bonds. The van der Waals surface area contributed by atoms with Gasteiger partial charge in [0, 0.05) is 36.1 Å². The summed E-state index contributed by atoms with van der Waals surface area (Å²) < 4.78 is 5.90. The summed E-state index contributed by atoms with van der Waals surface area (Å²) in [6, 6.07) is 8.27. The molecule has 4 heterocycles. The van der Waals surface area contributed by atoms with Gasteiger partial charge in [0.15, 0.2) is 0 Å². The number of thiazole rings is 1. The normalized spacial score (nSPS) is 24.7. The zero-order valence-electron chi connectivity index (χ0n) is 20.3. The number of nitrogens with zero attached hydrogens (tertiary/aromatic N) is 4. The Labute approximate surface area is 209 Å². The highest BCUT2D eigenvalue weighted by Gasteiger charge is 2.47. The summed E-state index contributed by atoms with van der Waals surface area (Å²) >= 11 is 1.57. The molecule has 4 atom stereocenters. The van der Waals surface area contributed by atoms with Gasteiger partial charge in [-0.15, -0.1) is 21.5 Å². The Hall–Kier alpha value is -2.78. The Bertz CT molecular complexity index is 1160. The maximum Gasteiger partial charge on any atom is 0.235 e. The summed E-state index contributed by atoms with van der Waals surface area (Å²) in [4.78, 5) is 20.0. The predicted octanol–water partition coefficient (Wildman–Crippen LogP) is 3.94. The van der Waals surface area contributed by atoms with E-state index in [2.05, 4.69) is 56.6 Å². The molecular weight excluding hydrogens is 462 g/mol. The Morgan fingerprint density at radius 3 is 2.83 bits per heavy atom. The van der Waals surface area contributed by atoms with Crippen molar-refractivity contribution >= 4 is 22.9 Å². The summed E-state index contributed by atoms with van der Waals surface area (Å²) in [7, 11) is 0. The number of aliphatic hydroxyl groups excluding tert-OH is 1. The lowest BCUT2D eigenvalue weighted by Crippen LogP contribution is -2.54. The summed E-state index contributed by atoms with van der Waals surface area (Å²) in [5.74, 6) is -0.877. The Morgan fingerprint density at radius 2 is 2.09 bits per heavy atom. The molecule has 2 aliphatic rings. The Balaban J connectivity index is 1.42. The molecule has 0 aliphatic carbocycles. The number of amides is 1. The SMILES string of the molecule is CCCCC1NC(=O)C(c2nnc(Cc3csc(C)n3)o2)C(O)C1c1cccc(N2CCCC2)c1. The lowest BCUT2D eigenvalue weighted by atomic mass is 9.75. The lowest BCUT2D eigenvalue weighted by Gasteiger charge is -2.40. The van der Waals surface area contributed by atoms with Gasteiger partial charge in [0.05, 0.1) is 23.2 Å². The van der Waals surface area contributed by atoms with E-state index in [0.29, 0.717) is 12.3 Å². The molecule has 2 saturated heterocycles. The van der Waals surface area contributed by atoms with Crippen LogP contribution in [0.5, 0.6) is 0 Å². The van der Waals surface area contributed by atoms with Crippen molar-refractivity contribution < 1.29 is 14.3 Å². The molecule has 0 radical (unpaired) electrons. The van der Waals surface area contributed by atoms with E-state index in [4.69, 9.17) is 4.42 Å². The standard InChI is InChI=1S/C26H33N5O3S/c1-3-4-10-20-22(17-8-7-9-19(13-17)31-11-5-6-12-31)24(32)23(25(33)28-20)26-30-29-21(34-26)14-18-15-35-16(2)27-18/h7-9,13,15,20,22-24,32H,3-6,10-12,14H2,1-2H3,(H,28,33). The van der Waals surface area contributed by atoms with Crippen molar-refractivity contribution in [2.24, 2.45) is 0 Å². The van der Waals surface area contributed by atoms with Crippen LogP contribution in [0.3, 0.4) is 0 Å². The van der Waals surface area contributed by atoms with Crippen LogP contribution < -0.4 is 10.2 Å². The number of aryl methyl sites for hydroxylation is 1. The van der Waals surface area contributed by atoms with Crippen LogP contribution in [0, 0.1) is 6.92 Å². The summed E-state index contributed by atoms with van der Waals surface area (Å²) in [6.07, 6.45) is 4.65. The van der Waals surface area contributed by atoms with Crippen molar-refractivity contribution in [3.63, 3.8) is 0 Å². The second kappa shape index (κ2) is 10.5. The molecule has 8 nitrogen and oxygen atoms in total. The second-order valence-corrected chi connectivity index (χ2v) is 10.7. The average Bonchev–Trinajstić information content (AvgIpc) is 3.61. The van der Waals surface area contributed by atoms with Crippen LogP contribution in [0.4, 0.5) is 5.69 Å². The van der Waals surface area contributed by atoms with E-state index in [0.717, 1.165) is 48.6 Å². The zero-order valence-corrected chi connectivity index (χ0v) is 21.1. The third-order valence-corrected chi connectivity index (χ3v) is 7.92. The molecule has 5 rings (SSSR count). The van der Waals surface area contributed by atoms with Crippen LogP contribution in [0.1, 0.15) is 78.9 Å². The number of piperidine rings is 1. The Morgan fingerprint density at radius 1 is 1.26 bits per heavy atom. The topological polar surface area (TPSA) is 104 Å². The maximum absolute atomic E-state index is 13.2. The second-order valence-electron chi connectivity index (χ2n) is 9.61. The van der Waals surface area contributed by atoms with Gasteiger partial charge in [0.1, 0.15) is 5.92 Å². The highest BCUT2D eigenvalue weighted by molar-refractivity contribution is 7.09. The van der Waals surface area contributed by atoms with Gasteiger partial charge in [-0.2, -0.15) is 0 Å². The lowest BCUT2D eigenvalue weighted by molar-refractivity contribution is -0.131. The molecule has 2 aromatic heterocycles. The van der Waals surface area contributed by atoms with Crippen LogP contribution in [0.2, 0.25) is 0 Å². The zero-order chi connectivity index (χ0) is 24.4. The first-order valence-corrected chi connectivity index (χ1v) is 13.5. The van der Waals surface area contributed by atoms with Crippen LogP contribution in [-0.2, 0) is 11.2 Å². The molecule has 3 aromatic rings. The van der Waals surface area contributed by atoms with Crippen molar-refractivity contribution in [2.75, 3.05) is 18.0 Å². The van der Waals surface area contributed by atoms with E-state index in [-0.39, 0.29) is 23.8 Å². The monoisotopic (exact) mass is 495 g/mol. The number of aromatic nitrogens is 3. The smallest absolute Gasteiger partial charge is 0.235 e. The number of carbonyl (C=O) groups excluding carboxylic acids is 1. The van der Waals surface area contributed by atoms with Crippen molar-refractivity contribution in [2.45, 2.75) is 76.4 Å². The molecule has 1 aromatic carbocycles. The van der Waals surface area contributed by atoms with E-state index in [9.17, 15) is 9.90 Å². The van der Waals surface area contributed by atoms with Gasteiger partial charge in [-0.1, -0.05) is 31.9 Å². The van der Waals surface area contributed by atoms with Crippen molar-refractivity contribution in [3.8, 4) is 0 Å².